The van der Waals surface area contributed by atoms with E-state index in [0.717, 1.165) is 19.5 Å². The van der Waals surface area contributed by atoms with Crippen LogP contribution in [0.1, 0.15) is 29.9 Å². The van der Waals surface area contributed by atoms with Crippen LogP contribution in [0.3, 0.4) is 0 Å². The molecule has 0 spiro atoms. The van der Waals surface area contributed by atoms with Crippen molar-refractivity contribution in [2.45, 2.75) is 20.3 Å². The standard InChI is InChI=1S/C14H20ClN3O3S/c1-9(2)12(19)17-5-4-6-18(8-7-17)14-16-11(15)10(22-14)13(20)21-3/h9H,4-8H2,1-3H3. The van der Waals surface area contributed by atoms with Gasteiger partial charge in [0.25, 0.3) is 0 Å². The number of halogens is 1. The first kappa shape index (κ1) is 17.0. The Bertz CT molecular complexity index is 562. The van der Waals surface area contributed by atoms with Crippen LogP contribution in [0.5, 0.6) is 0 Å². The zero-order valence-electron chi connectivity index (χ0n) is 13.0. The largest absolute Gasteiger partial charge is 0.465 e. The molecule has 2 heterocycles. The van der Waals surface area contributed by atoms with Crippen LogP contribution in [0.2, 0.25) is 5.15 Å². The minimum atomic E-state index is -0.472. The van der Waals surface area contributed by atoms with E-state index in [1.54, 1.807) is 0 Å². The van der Waals surface area contributed by atoms with Gasteiger partial charge in [-0.15, -0.1) is 0 Å². The van der Waals surface area contributed by atoms with Crippen molar-refractivity contribution in [2.75, 3.05) is 38.2 Å². The van der Waals surface area contributed by atoms with Gasteiger partial charge in [0.15, 0.2) is 15.2 Å². The number of ether oxygens (including phenoxy) is 1. The van der Waals surface area contributed by atoms with E-state index in [9.17, 15) is 9.59 Å². The number of methoxy groups -OCH3 is 1. The van der Waals surface area contributed by atoms with Crippen molar-refractivity contribution in [3.63, 3.8) is 0 Å². The van der Waals surface area contributed by atoms with Gasteiger partial charge in [0.1, 0.15) is 0 Å². The second-order valence-electron chi connectivity index (χ2n) is 5.43. The molecule has 6 nitrogen and oxygen atoms in total. The maximum Gasteiger partial charge on any atom is 0.351 e. The third-order valence-electron chi connectivity index (χ3n) is 3.52. The summed E-state index contributed by atoms with van der Waals surface area (Å²) >= 11 is 7.24. The average molecular weight is 346 g/mol. The highest BCUT2D eigenvalue weighted by Crippen LogP contribution is 2.30. The van der Waals surface area contributed by atoms with Gasteiger partial charge >= 0.3 is 5.97 Å². The summed E-state index contributed by atoms with van der Waals surface area (Å²) in [5.74, 6) is -0.291. The Hall–Kier alpha value is -1.34. The molecule has 1 saturated heterocycles. The summed E-state index contributed by atoms with van der Waals surface area (Å²) < 4.78 is 4.69. The number of carbonyl (C=O) groups is 2. The predicted molar refractivity (Wildman–Crippen MR) is 86.7 cm³/mol. The van der Waals surface area contributed by atoms with E-state index in [-0.39, 0.29) is 17.0 Å². The van der Waals surface area contributed by atoms with Gasteiger partial charge in [-0.2, -0.15) is 0 Å². The molecular formula is C14H20ClN3O3S. The van der Waals surface area contributed by atoms with E-state index in [4.69, 9.17) is 16.3 Å². The number of nitrogens with zero attached hydrogens (tertiary/aromatic N) is 3. The molecule has 0 unspecified atom stereocenters. The molecule has 0 aliphatic carbocycles. The Kier molecular flexibility index (Phi) is 5.63. The first-order valence-corrected chi connectivity index (χ1v) is 8.42. The third-order valence-corrected chi connectivity index (χ3v) is 5.00. The van der Waals surface area contributed by atoms with E-state index in [0.29, 0.717) is 23.1 Å². The number of aromatic nitrogens is 1. The Morgan fingerprint density at radius 3 is 2.64 bits per heavy atom. The fourth-order valence-corrected chi connectivity index (χ4v) is 3.59. The highest BCUT2D eigenvalue weighted by Gasteiger charge is 2.24. The first-order valence-electron chi connectivity index (χ1n) is 7.22. The lowest BCUT2D eigenvalue weighted by atomic mass is 10.2. The van der Waals surface area contributed by atoms with Crippen LogP contribution in [0, 0.1) is 5.92 Å². The van der Waals surface area contributed by atoms with Gasteiger partial charge in [-0.3, -0.25) is 4.79 Å². The molecule has 0 atom stereocenters. The number of hydrogen-bond acceptors (Lipinski definition) is 6. The summed E-state index contributed by atoms with van der Waals surface area (Å²) in [5.41, 5.74) is 0. The first-order chi connectivity index (χ1) is 10.4. The van der Waals surface area contributed by atoms with Crippen LogP contribution in [0.25, 0.3) is 0 Å². The Labute approximate surface area is 139 Å². The molecule has 2 rings (SSSR count). The van der Waals surface area contributed by atoms with Gasteiger partial charge in [-0.25, -0.2) is 9.78 Å². The van der Waals surface area contributed by atoms with E-state index < -0.39 is 5.97 Å². The van der Waals surface area contributed by atoms with Crippen molar-refractivity contribution in [1.29, 1.82) is 0 Å². The van der Waals surface area contributed by atoms with Crippen LogP contribution in [0.4, 0.5) is 5.13 Å². The SMILES string of the molecule is COC(=O)c1sc(N2CCCN(C(=O)C(C)C)CC2)nc1Cl. The Morgan fingerprint density at radius 1 is 1.27 bits per heavy atom. The summed E-state index contributed by atoms with van der Waals surface area (Å²) in [6.45, 7) is 6.69. The van der Waals surface area contributed by atoms with Crippen LogP contribution in [0.15, 0.2) is 0 Å². The molecule has 0 saturated carbocycles. The number of esters is 1. The molecular weight excluding hydrogens is 326 g/mol. The molecule has 0 radical (unpaired) electrons. The van der Waals surface area contributed by atoms with E-state index in [2.05, 4.69) is 9.88 Å². The number of hydrogen-bond donors (Lipinski definition) is 0. The molecule has 0 bridgehead atoms. The molecule has 1 aromatic heterocycles. The van der Waals surface area contributed by atoms with Crippen molar-refractivity contribution < 1.29 is 14.3 Å². The van der Waals surface area contributed by atoms with Crippen molar-refractivity contribution in [1.82, 2.24) is 9.88 Å². The summed E-state index contributed by atoms with van der Waals surface area (Å²) in [7, 11) is 1.32. The van der Waals surface area contributed by atoms with Crippen LogP contribution in [-0.2, 0) is 9.53 Å². The molecule has 0 aromatic carbocycles. The molecule has 1 aliphatic heterocycles. The molecule has 122 valence electrons. The Balaban J connectivity index is 2.08. The van der Waals surface area contributed by atoms with Crippen molar-refractivity contribution in [3.8, 4) is 0 Å². The molecule has 0 N–H and O–H groups in total. The maximum atomic E-state index is 12.1. The number of anilines is 1. The molecule has 22 heavy (non-hydrogen) atoms. The number of amides is 1. The summed E-state index contributed by atoms with van der Waals surface area (Å²) in [6, 6.07) is 0. The monoisotopic (exact) mass is 345 g/mol. The topological polar surface area (TPSA) is 62.7 Å². The lowest BCUT2D eigenvalue weighted by Gasteiger charge is -2.23. The van der Waals surface area contributed by atoms with Crippen molar-refractivity contribution in [2.24, 2.45) is 5.92 Å². The molecule has 8 heteroatoms. The summed E-state index contributed by atoms with van der Waals surface area (Å²) in [4.78, 5) is 32.2. The molecule has 1 aromatic rings. The highest BCUT2D eigenvalue weighted by atomic mass is 35.5. The van der Waals surface area contributed by atoms with Gasteiger partial charge in [-0.05, 0) is 6.42 Å². The number of rotatable bonds is 3. The summed E-state index contributed by atoms with van der Waals surface area (Å²) in [5, 5.41) is 0.871. The highest BCUT2D eigenvalue weighted by molar-refractivity contribution is 7.18. The van der Waals surface area contributed by atoms with Crippen molar-refractivity contribution >= 4 is 39.9 Å². The van der Waals surface area contributed by atoms with Crippen LogP contribution in [-0.4, -0.2) is 55.0 Å². The fourth-order valence-electron chi connectivity index (χ4n) is 2.34. The second kappa shape index (κ2) is 7.28. The quantitative estimate of drug-likeness (QED) is 0.786. The normalized spacial score (nSPS) is 15.9. The lowest BCUT2D eigenvalue weighted by molar-refractivity contribution is -0.134. The van der Waals surface area contributed by atoms with E-state index in [1.165, 1.54) is 18.4 Å². The molecule has 1 aliphatic rings. The smallest absolute Gasteiger partial charge is 0.351 e. The zero-order chi connectivity index (χ0) is 16.3. The van der Waals surface area contributed by atoms with Crippen LogP contribution >= 0.6 is 22.9 Å². The van der Waals surface area contributed by atoms with Gasteiger partial charge in [0.2, 0.25) is 5.91 Å². The van der Waals surface area contributed by atoms with E-state index in [1.807, 2.05) is 18.7 Å². The number of carbonyl (C=O) groups excluding carboxylic acids is 2. The van der Waals surface area contributed by atoms with Crippen LogP contribution < -0.4 is 4.90 Å². The summed E-state index contributed by atoms with van der Waals surface area (Å²) in [6.07, 6.45) is 0.864. The Morgan fingerprint density at radius 2 is 2.00 bits per heavy atom. The fraction of sp³-hybridized carbons (Fsp3) is 0.643. The van der Waals surface area contributed by atoms with Gasteiger partial charge in [0, 0.05) is 32.1 Å². The average Bonchev–Trinajstić information content (AvgIpc) is 2.73. The van der Waals surface area contributed by atoms with Gasteiger partial charge in [-0.1, -0.05) is 36.8 Å². The second-order valence-corrected chi connectivity index (χ2v) is 6.76. The lowest BCUT2D eigenvalue weighted by Crippen LogP contribution is -2.37. The van der Waals surface area contributed by atoms with Crippen molar-refractivity contribution in [3.05, 3.63) is 10.0 Å². The third kappa shape index (κ3) is 3.70. The zero-order valence-corrected chi connectivity index (χ0v) is 14.5. The van der Waals surface area contributed by atoms with Gasteiger partial charge < -0.3 is 14.5 Å². The predicted octanol–water partition coefficient (Wildman–Crippen LogP) is 2.28. The van der Waals surface area contributed by atoms with Gasteiger partial charge in [0.05, 0.1) is 7.11 Å². The minimum absolute atomic E-state index is 0.00628. The molecule has 1 amide bonds. The number of thiazole rings is 1. The maximum absolute atomic E-state index is 12.1. The van der Waals surface area contributed by atoms with E-state index >= 15 is 0 Å². The molecule has 1 fully saturated rings. The minimum Gasteiger partial charge on any atom is -0.465 e.